The van der Waals surface area contributed by atoms with Gasteiger partial charge in [-0.1, -0.05) is 33.3 Å². The Morgan fingerprint density at radius 1 is 1.00 bits per heavy atom. The summed E-state index contributed by atoms with van der Waals surface area (Å²) in [5.41, 5.74) is -0.544. The summed E-state index contributed by atoms with van der Waals surface area (Å²) < 4.78 is 19.8. The Bertz CT molecular complexity index is 603. The van der Waals surface area contributed by atoms with Crippen molar-refractivity contribution in [1.82, 2.24) is 0 Å². The number of hydrogen-bond acceptors (Lipinski definition) is 4. The molecular formula is C21H39BO3SSi. The van der Waals surface area contributed by atoms with Crippen LogP contribution in [0.1, 0.15) is 72.6 Å². The van der Waals surface area contributed by atoms with Gasteiger partial charge in [0.15, 0.2) is 8.32 Å². The van der Waals surface area contributed by atoms with Crippen LogP contribution < -0.4 is 4.78 Å². The average molecular weight is 411 g/mol. The second kappa shape index (κ2) is 8.31. The van der Waals surface area contributed by atoms with Gasteiger partial charge in [0.1, 0.15) is 0 Å². The van der Waals surface area contributed by atoms with Crippen molar-refractivity contribution in [1.29, 1.82) is 0 Å². The summed E-state index contributed by atoms with van der Waals surface area (Å²) in [5, 5.41) is 0.299. The highest BCUT2D eigenvalue weighted by Gasteiger charge is 2.52. The molecule has 0 bridgehead atoms. The highest BCUT2D eigenvalue weighted by molar-refractivity contribution is 7.22. The molecule has 0 N–H and O–H groups in total. The van der Waals surface area contributed by atoms with Gasteiger partial charge in [0.2, 0.25) is 0 Å². The molecule has 1 aromatic heterocycles. The fourth-order valence-electron chi connectivity index (χ4n) is 2.74. The van der Waals surface area contributed by atoms with E-state index in [-0.39, 0.29) is 18.3 Å². The molecule has 0 radical (unpaired) electrons. The van der Waals surface area contributed by atoms with Gasteiger partial charge < -0.3 is 13.7 Å². The zero-order valence-electron chi connectivity index (χ0n) is 18.9. The van der Waals surface area contributed by atoms with Crippen LogP contribution in [0.4, 0.5) is 0 Å². The predicted octanol–water partition coefficient (Wildman–Crippen LogP) is 5.78. The van der Waals surface area contributed by atoms with Crippen molar-refractivity contribution in [2.45, 2.75) is 103 Å². The minimum Gasteiger partial charge on any atom is -0.417 e. The van der Waals surface area contributed by atoms with E-state index in [0.29, 0.717) is 5.04 Å². The second-order valence-corrected chi connectivity index (χ2v) is 16.3. The Labute approximate surface area is 172 Å². The molecule has 1 saturated heterocycles. The van der Waals surface area contributed by atoms with Crippen LogP contribution in [0.2, 0.25) is 18.1 Å². The molecule has 1 fully saturated rings. The monoisotopic (exact) mass is 410 g/mol. The average Bonchev–Trinajstić information content (AvgIpc) is 3.04. The number of thiophene rings is 1. The van der Waals surface area contributed by atoms with Gasteiger partial charge in [-0.15, -0.1) is 11.3 Å². The Morgan fingerprint density at radius 3 is 2.15 bits per heavy atom. The molecule has 0 amide bonds. The Balaban J connectivity index is 1.72. The quantitative estimate of drug-likeness (QED) is 0.401. The number of unbranched alkanes of at least 4 members (excludes halogenated alkanes) is 2. The Hall–Kier alpha value is -0.138. The van der Waals surface area contributed by atoms with E-state index >= 15 is 0 Å². The van der Waals surface area contributed by atoms with E-state index in [4.69, 9.17) is 13.7 Å². The van der Waals surface area contributed by atoms with Gasteiger partial charge in [0.05, 0.1) is 11.2 Å². The maximum absolute atomic E-state index is 6.27. The highest BCUT2D eigenvalue weighted by atomic mass is 32.1. The maximum Gasteiger partial charge on any atom is 0.505 e. The van der Waals surface area contributed by atoms with E-state index in [2.05, 4.69) is 73.7 Å². The van der Waals surface area contributed by atoms with Crippen LogP contribution in [0, 0.1) is 0 Å². The van der Waals surface area contributed by atoms with Crippen molar-refractivity contribution in [3.8, 4) is 0 Å². The summed E-state index contributed by atoms with van der Waals surface area (Å²) in [6, 6.07) is 4.40. The highest BCUT2D eigenvalue weighted by Crippen LogP contribution is 2.37. The van der Waals surface area contributed by atoms with Gasteiger partial charge in [-0.2, -0.15) is 0 Å². The van der Waals surface area contributed by atoms with Crippen molar-refractivity contribution in [3.05, 3.63) is 17.0 Å². The largest absolute Gasteiger partial charge is 0.505 e. The third-order valence-electron chi connectivity index (χ3n) is 6.50. The SMILES string of the molecule is CC1(C)OB(c2ccc(CCCCCO[Si](C)(C)C(C)(C)C)s2)OC1(C)C. The van der Waals surface area contributed by atoms with E-state index in [9.17, 15) is 0 Å². The third kappa shape index (κ3) is 5.69. The third-order valence-corrected chi connectivity index (χ3v) is 12.2. The lowest BCUT2D eigenvalue weighted by molar-refractivity contribution is 0.00578. The summed E-state index contributed by atoms with van der Waals surface area (Å²) >= 11 is 1.83. The molecule has 1 aliphatic rings. The minimum absolute atomic E-state index is 0.230. The fourth-order valence-corrected chi connectivity index (χ4v) is 4.84. The summed E-state index contributed by atoms with van der Waals surface area (Å²) in [4.78, 5) is 1.42. The number of hydrogen-bond donors (Lipinski definition) is 0. The first-order chi connectivity index (χ1) is 12.3. The summed E-state index contributed by atoms with van der Waals surface area (Å²) in [7, 11) is -1.82. The van der Waals surface area contributed by atoms with Gasteiger partial charge in [-0.25, -0.2) is 0 Å². The molecule has 0 spiro atoms. The van der Waals surface area contributed by atoms with Gasteiger partial charge >= 0.3 is 7.12 Å². The van der Waals surface area contributed by atoms with E-state index < -0.39 is 8.32 Å². The Kier molecular flexibility index (Phi) is 7.12. The molecule has 6 heteroatoms. The molecule has 0 aromatic carbocycles. The topological polar surface area (TPSA) is 27.7 Å². The van der Waals surface area contributed by atoms with Crippen LogP contribution in [0.25, 0.3) is 0 Å². The standard InChI is InChI=1S/C21H39BO3SSi/c1-19(2,3)27(8,9)23-16-12-10-11-13-17-14-15-18(26-17)22-24-20(4,5)21(6,7)25-22/h14-15H,10-13,16H2,1-9H3. The van der Waals surface area contributed by atoms with Gasteiger partial charge in [0.25, 0.3) is 0 Å². The molecular weight excluding hydrogens is 371 g/mol. The van der Waals surface area contributed by atoms with Crippen LogP contribution in [0.3, 0.4) is 0 Å². The van der Waals surface area contributed by atoms with Crippen LogP contribution in [-0.2, 0) is 20.2 Å². The fraction of sp³-hybridized carbons (Fsp3) is 0.810. The molecule has 0 saturated carbocycles. The summed E-state index contributed by atoms with van der Waals surface area (Å²) in [6.45, 7) is 20.9. The number of rotatable bonds is 8. The van der Waals surface area contributed by atoms with Crippen LogP contribution >= 0.6 is 11.3 Å². The molecule has 0 atom stereocenters. The molecule has 154 valence electrons. The number of aryl methyl sites for hydroxylation is 1. The molecule has 2 heterocycles. The molecule has 27 heavy (non-hydrogen) atoms. The van der Waals surface area contributed by atoms with E-state index in [0.717, 1.165) is 19.4 Å². The second-order valence-electron chi connectivity index (χ2n) is 10.3. The van der Waals surface area contributed by atoms with Crippen molar-refractivity contribution >= 4 is 31.5 Å². The smallest absolute Gasteiger partial charge is 0.417 e. The van der Waals surface area contributed by atoms with Crippen molar-refractivity contribution in [2.75, 3.05) is 6.61 Å². The van der Waals surface area contributed by atoms with Crippen LogP contribution in [0.15, 0.2) is 12.1 Å². The predicted molar refractivity (Wildman–Crippen MR) is 121 cm³/mol. The van der Waals surface area contributed by atoms with Crippen molar-refractivity contribution in [3.63, 3.8) is 0 Å². The van der Waals surface area contributed by atoms with Gasteiger partial charge in [-0.05, 0) is 71.2 Å². The lowest BCUT2D eigenvalue weighted by Crippen LogP contribution is -2.41. The first-order valence-corrected chi connectivity index (χ1v) is 14.1. The molecule has 1 aliphatic heterocycles. The molecule has 0 unspecified atom stereocenters. The Morgan fingerprint density at radius 2 is 1.59 bits per heavy atom. The first-order valence-electron chi connectivity index (χ1n) is 10.3. The molecule has 3 nitrogen and oxygen atoms in total. The van der Waals surface area contributed by atoms with E-state index in [1.165, 1.54) is 22.5 Å². The van der Waals surface area contributed by atoms with Crippen molar-refractivity contribution < 1.29 is 13.7 Å². The van der Waals surface area contributed by atoms with Gasteiger partial charge in [0, 0.05) is 16.3 Å². The normalized spacial score (nSPS) is 19.7. The molecule has 2 rings (SSSR count). The molecule has 1 aromatic rings. The molecule has 0 aliphatic carbocycles. The van der Waals surface area contributed by atoms with Crippen LogP contribution in [-0.4, -0.2) is 33.2 Å². The van der Waals surface area contributed by atoms with Crippen LogP contribution in [0.5, 0.6) is 0 Å². The lowest BCUT2D eigenvalue weighted by atomic mass is 9.88. The lowest BCUT2D eigenvalue weighted by Gasteiger charge is -2.36. The first kappa shape index (κ1) is 23.1. The summed E-state index contributed by atoms with van der Waals surface area (Å²) in [5.74, 6) is 0. The van der Waals surface area contributed by atoms with E-state index in [1.807, 2.05) is 11.3 Å². The van der Waals surface area contributed by atoms with Crippen molar-refractivity contribution in [2.24, 2.45) is 0 Å². The van der Waals surface area contributed by atoms with Gasteiger partial charge in [-0.3, -0.25) is 0 Å². The maximum atomic E-state index is 6.27. The minimum atomic E-state index is -1.59. The van der Waals surface area contributed by atoms with E-state index in [1.54, 1.807) is 0 Å². The zero-order chi connectivity index (χ0) is 20.5. The summed E-state index contributed by atoms with van der Waals surface area (Å²) in [6.07, 6.45) is 4.72. The zero-order valence-corrected chi connectivity index (χ0v) is 20.7.